The number of urea groups is 1. The van der Waals surface area contributed by atoms with Crippen LogP contribution in [0.3, 0.4) is 0 Å². The molecular weight excluding hydrogens is 322 g/mol. The van der Waals surface area contributed by atoms with Gasteiger partial charge in [-0.2, -0.15) is 0 Å². The van der Waals surface area contributed by atoms with Crippen molar-refractivity contribution in [3.63, 3.8) is 0 Å². The lowest BCUT2D eigenvalue weighted by Crippen LogP contribution is -2.50. The minimum atomic E-state index is -0.761. The number of nitrogens with zero attached hydrogens (tertiary/aromatic N) is 1. The van der Waals surface area contributed by atoms with E-state index in [4.69, 9.17) is 0 Å². The molecule has 1 saturated carbocycles. The molecule has 3 amide bonds. The Morgan fingerprint density at radius 2 is 1.96 bits per heavy atom. The number of halogens is 1. The maximum absolute atomic E-state index is 11.9. The molecule has 7 nitrogen and oxygen atoms in total. The number of aliphatic carboxylic acids is 1. The van der Waals surface area contributed by atoms with Crippen molar-refractivity contribution in [2.75, 3.05) is 19.6 Å². The van der Waals surface area contributed by atoms with E-state index >= 15 is 0 Å². The second-order valence-corrected chi connectivity index (χ2v) is 7.47. The smallest absolute Gasteiger partial charge is 0.321 e. The van der Waals surface area contributed by atoms with Gasteiger partial charge in [-0.25, -0.2) is 4.79 Å². The highest BCUT2D eigenvalue weighted by Gasteiger charge is 2.54. The predicted octanol–water partition coefficient (Wildman–Crippen LogP) is 1.22. The molecule has 1 saturated heterocycles. The highest BCUT2D eigenvalue weighted by molar-refractivity contribution is 5.95. The maximum atomic E-state index is 11.9. The Kier molecular flexibility index (Phi) is 6.04. The van der Waals surface area contributed by atoms with E-state index in [-0.39, 0.29) is 24.9 Å². The summed E-state index contributed by atoms with van der Waals surface area (Å²) >= 11 is 0. The Balaban J connectivity index is 0.00000264. The molecule has 1 aliphatic heterocycles. The van der Waals surface area contributed by atoms with Gasteiger partial charge in [-0.15, -0.1) is 12.4 Å². The maximum Gasteiger partial charge on any atom is 0.321 e. The van der Waals surface area contributed by atoms with Crippen molar-refractivity contribution in [2.45, 2.75) is 45.6 Å². The largest absolute Gasteiger partial charge is 0.481 e. The minimum Gasteiger partial charge on any atom is -0.481 e. The number of carbonyl (C=O) groups is 3. The van der Waals surface area contributed by atoms with E-state index in [1.807, 2.05) is 25.7 Å². The van der Waals surface area contributed by atoms with Crippen LogP contribution in [0.4, 0.5) is 4.79 Å². The van der Waals surface area contributed by atoms with Crippen molar-refractivity contribution in [1.82, 2.24) is 15.5 Å². The van der Waals surface area contributed by atoms with Crippen LogP contribution in [0, 0.1) is 11.3 Å². The lowest BCUT2D eigenvalue weighted by atomic mass is 9.81. The lowest BCUT2D eigenvalue weighted by molar-refractivity contribution is -0.149. The number of likely N-dealkylation sites (tertiary alicyclic amines) is 1. The molecule has 2 fully saturated rings. The summed E-state index contributed by atoms with van der Waals surface area (Å²) in [5, 5.41) is 14.5. The van der Waals surface area contributed by atoms with Crippen LogP contribution in [0.1, 0.15) is 40.0 Å². The van der Waals surface area contributed by atoms with Gasteiger partial charge in [0.25, 0.3) is 0 Å². The second-order valence-electron chi connectivity index (χ2n) is 7.47. The Morgan fingerprint density at radius 1 is 1.30 bits per heavy atom. The summed E-state index contributed by atoms with van der Waals surface area (Å²) in [5.41, 5.74) is -1.11. The average molecular weight is 348 g/mol. The van der Waals surface area contributed by atoms with E-state index in [1.165, 1.54) is 0 Å². The molecule has 1 heterocycles. The van der Waals surface area contributed by atoms with E-state index in [1.54, 1.807) is 0 Å². The number of imide groups is 1. The van der Waals surface area contributed by atoms with Gasteiger partial charge in [0.2, 0.25) is 5.91 Å². The summed E-state index contributed by atoms with van der Waals surface area (Å²) in [4.78, 5) is 37.0. The van der Waals surface area contributed by atoms with Crippen LogP contribution in [-0.2, 0) is 9.59 Å². The van der Waals surface area contributed by atoms with E-state index in [9.17, 15) is 19.5 Å². The summed E-state index contributed by atoms with van der Waals surface area (Å²) < 4.78 is 0. The van der Waals surface area contributed by atoms with Crippen LogP contribution in [0.5, 0.6) is 0 Å². The fourth-order valence-electron chi connectivity index (χ4n) is 3.60. The van der Waals surface area contributed by atoms with Crippen molar-refractivity contribution in [1.29, 1.82) is 0 Å². The van der Waals surface area contributed by atoms with Crippen molar-refractivity contribution in [3.8, 4) is 0 Å². The SMILES string of the molecule is CC(C)(C)NC(=O)NC(=O)CN1C[C@@H]2CCC[C@@]2(C(=O)O)C1.Cl. The molecule has 132 valence electrons. The molecular formula is C15H26ClN3O4. The van der Waals surface area contributed by atoms with Gasteiger partial charge in [-0.3, -0.25) is 19.8 Å². The molecule has 0 unspecified atom stereocenters. The van der Waals surface area contributed by atoms with Crippen LogP contribution < -0.4 is 10.6 Å². The Bertz CT molecular complexity index is 492. The van der Waals surface area contributed by atoms with Crippen molar-refractivity contribution < 1.29 is 19.5 Å². The molecule has 3 N–H and O–H groups in total. The van der Waals surface area contributed by atoms with E-state index in [0.717, 1.165) is 12.8 Å². The fourth-order valence-corrected chi connectivity index (χ4v) is 3.60. The number of rotatable bonds is 3. The molecule has 2 atom stereocenters. The van der Waals surface area contributed by atoms with Crippen LogP contribution in [-0.4, -0.2) is 53.1 Å². The Hall–Kier alpha value is -1.34. The number of amides is 3. The monoisotopic (exact) mass is 347 g/mol. The molecule has 0 aromatic rings. The lowest BCUT2D eigenvalue weighted by Gasteiger charge is -2.23. The van der Waals surface area contributed by atoms with Gasteiger partial charge < -0.3 is 10.4 Å². The summed E-state index contributed by atoms with van der Waals surface area (Å²) in [6.07, 6.45) is 2.51. The Labute approximate surface area is 142 Å². The van der Waals surface area contributed by atoms with Gasteiger partial charge in [0.05, 0.1) is 12.0 Å². The van der Waals surface area contributed by atoms with Crippen molar-refractivity contribution in [3.05, 3.63) is 0 Å². The zero-order chi connectivity index (χ0) is 16.5. The van der Waals surface area contributed by atoms with Gasteiger partial charge in [0.1, 0.15) is 0 Å². The molecule has 2 aliphatic rings. The van der Waals surface area contributed by atoms with Crippen LogP contribution in [0.25, 0.3) is 0 Å². The summed E-state index contributed by atoms with van der Waals surface area (Å²) in [5.74, 6) is -1.05. The van der Waals surface area contributed by atoms with Crippen LogP contribution >= 0.6 is 12.4 Å². The minimum absolute atomic E-state index is 0. The molecule has 0 radical (unpaired) electrons. The molecule has 0 spiro atoms. The van der Waals surface area contributed by atoms with Gasteiger partial charge in [0, 0.05) is 18.6 Å². The number of carbonyl (C=O) groups excluding carboxylic acids is 2. The molecule has 0 bridgehead atoms. The first-order valence-corrected chi connectivity index (χ1v) is 7.70. The first-order valence-electron chi connectivity index (χ1n) is 7.70. The first-order chi connectivity index (χ1) is 10.1. The second kappa shape index (κ2) is 7.05. The summed E-state index contributed by atoms with van der Waals surface area (Å²) in [7, 11) is 0. The molecule has 1 aliphatic carbocycles. The summed E-state index contributed by atoms with van der Waals surface area (Å²) in [6, 6.07) is -0.523. The number of hydrogen-bond acceptors (Lipinski definition) is 4. The number of fused-ring (bicyclic) bond motifs is 1. The predicted molar refractivity (Wildman–Crippen MR) is 87.5 cm³/mol. The van der Waals surface area contributed by atoms with Crippen molar-refractivity contribution in [2.24, 2.45) is 11.3 Å². The van der Waals surface area contributed by atoms with Crippen molar-refractivity contribution >= 4 is 30.3 Å². The molecule has 0 aromatic heterocycles. The molecule has 0 aromatic carbocycles. The normalized spacial score (nSPS) is 27.0. The zero-order valence-corrected chi connectivity index (χ0v) is 14.7. The summed E-state index contributed by atoms with van der Waals surface area (Å²) in [6.45, 7) is 6.55. The third-order valence-corrected chi connectivity index (χ3v) is 4.48. The quantitative estimate of drug-likeness (QED) is 0.713. The van der Waals surface area contributed by atoms with Gasteiger partial charge in [-0.1, -0.05) is 6.42 Å². The fraction of sp³-hybridized carbons (Fsp3) is 0.800. The third kappa shape index (κ3) is 4.57. The average Bonchev–Trinajstić information content (AvgIpc) is 2.82. The topological polar surface area (TPSA) is 98.7 Å². The standard InChI is InChI=1S/C15H25N3O4.ClH/c1-14(2,3)17-13(22)16-11(19)8-18-7-10-5-4-6-15(10,9-18)12(20)21;/h10H,4-9H2,1-3H3,(H,20,21)(H2,16,17,19,22);1H/t10-,15+;/m0./s1. The number of carboxylic acid groups (broad SMARTS) is 1. The van der Waals surface area contributed by atoms with Gasteiger partial charge in [0.15, 0.2) is 0 Å². The number of hydrogen-bond donors (Lipinski definition) is 3. The van der Waals surface area contributed by atoms with Crippen LogP contribution in [0.15, 0.2) is 0 Å². The zero-order valence-electron chi connectivity index (χ0n) is 13.8. The van der Waals surface area contributed by atoms with E-state index in [2.05, 4.69) is 10.6 Å². The number of carboxylic acids is 1. The highest BCUT2D eigenvalue weighted by Crippen LogP contribution is 2.48. The van der Waals surface area contributed by atoms with E-state index in [0.29, 0.717) is 19.5 Å². The van der Waals surface area contributed by atoms with Gasteiger partial charge in [-0.05, 0) is 39.5 Å². The molecule has 2 rings (SSSR count). The third-order valence-electron chi connectivity index (χ3n) is 4.48. The highest BCUT2D eigenvalue weighted by atomic mass is 35.5. The molecule has 23 heavy (non-hydrogen) atoms. The van der Waals surface area contributed by atoms with Gasteiger partial charge >= 0.3 is 12.0 Å². The first kappa shape index (κ1) is 19.7. The van der Waals surface area contributed by atoms with E-state index < -0.39 is 28.9 Å². The number of nitrogens with one attached hydrogen (secondary N) is 2. The van der Waals surface area contributed by atoms with Crippen LogP contribution in [0.2, 0.25) is 0 Å². The molecule has 8 heteroatoms. The Morgan fingerprint density at radius 3 is 2.48 bits per heavy atom.